The van der Waals surface area contributed by atoms with Crippen molar-refractivity contribution in [3.63, 3.8) is 0 Å². The van der Waals surface area contributed by atoms with Gasteiger partial charge in [0.25, 0.3) is 0 Å². The van der Waals surface area contributed by atoms with Crippen molar-refractivity contribution in [2.75, 3.05) is 0 Å². The number of carboxylic acids is 2. The number of aryl methyl sites for hydroxylation is 2. The predicted molar refractivity (Wildman–Crippen MR) is 158 cm³/mol. The summed E-state index contributed by atoms with van der Waals surface area (Å²) in [7, 11) is 0. The van der Waals surface area contributed by atoms with Gasteiger partial charge in [-0.1, -0.05) is 59.7 Å². The molecule has 2 aliphatic heterocycles. The van der Waals surface area contributed by atoms with Crippen LogP contribution in [0.25, 0.3) is 0 Å². The molecule has 9 heteroatoms. The summed E-state index contributed by atoms with van der Waals surface area (Å²) in [6, 6.07) is 21.7. The molecule has 0 radical (unpaired) electrons. The first-order valence-electron chi connectivity index (χ1n) is 14.2. The number of carboxylic acid groups (broad SMARTS) is 2. The summed E-state index contributed by atoms with van der Waals surface area (Å²) in [5, 5.41) is 22.4. The van der Waals surface area contributed by atoms with Crippen molar-refractivity contribution in [3.8, 4) is 0 Å². The number of aromatic nitrogens is 2. The monoisotopic (exact) mass is 588 g/mol. The van der Waals surface area contributed by atoms with Gasteiger partial charge in [-0.2, -0.15) is 0 Å². The Labute approximate surface area is 266 Å². The van der Waals surface area contributed by atoms with E-state index in [-0.39, 0.29) is 34.6 Å². The number of fused-ring (bicyclic) bond motifs is 2. The Bertz CT molecular complexity index is 1530. The topological polar surface area (TPSA) is 124 Å². The predicted octanol–water partition coefficient (Wildman–Crippen LogP) is 2.93. The van der Waals surface area contributed by atoms with Crippen molar-refractivity contribution in [3.05, 3.63) is 118 Å². The number of nitrogens with zero attached hydrogens (tertiary/aromatic N) is 2. The van der Waals surface area contributed by atoms with Crippen molar-refractivity contribution < 1.29 is 29.4 Å². The van der Waals surface area contributed by atoms with Crippen LogP contribution in [0.1, 0.15) is 92.1 Å². The molecule has 43 heavy (non-hydrogen) atoms. The fourth-order valence-electron chi connectivity index (χ4n) is 5.86. The van der Waals surface area contributed by atoms with Crippen molar-refractivity contribution >= 4 is 46.6 Å². The van der Waals surface area contributed by atoms with Crippen LogP contribution in [0, 0.1) is 13.8 Å². The van der Waals surface area contributed by atoms with E-state index in [4.69, 9.17) is 0 Å². The zero-order chi connectivity index (χ0) is 30.0. The van der Waals surface area contributed by atoms with Gasteiger partial charge in [0.2, 0.25) is 11.6 Å². The van der Waals surface area contributed by atoms with Crippen LogP contribution in [0.5, 0.6) is 0 Å². The normalized spacial score (nSPS) is 16.9. The average Bonchev–Trinajstić information content (AvgIpc) is 3.62. The summed E-state index contributed by atoms with van der Waals surface area (Å²) >= 11 is 0. The fourth-order valence-corrected chi connectivity index (χ4v) is 5.86. The molecule has 0 N–H and O–H groups in total. The van der Waals surface area contributed by atoms with Crippen LogP contribution in [-0.2, 0) is 22.7 Å². The molecule has 6 rings (SSSR count). The van der Waals surface area contributed by atoms with Gasteiger partial charge in [0, 0.05) is 47.4 Å². The number of hydrogen-bond donors (Lipinski definition) is 0. The first-order valence-corrected chi connectivity index (χ1v) is 14.2. The SMILES string of the molecule is Cc1ccc(C(=O)c2ccc3n2CCCC3C(=O)[O-])cc1.Cc1ccc(C(=O)c2ccc3n2CCCC3C(=O)[O-])cc1.[Mg+2]. The minimum absolute atomic E-state index is 0. The number of rotatable bonds is 6. The standard InChI is InChI=1S/2C17H17NO3.Mg/c2*1-11-4-6-12(7-5-11)16(19)15-9-8-14-13(17(20)21)3-2-10-18(14)15;/h2*4-9,13H,2-3,10H2,1H3,(H,20,21);/q;;+2/p-2. The molecule has 2 aliphatic rings. The maximum Gasteiger partial charge on any atom is 2.00 e. The molecule has 0 amide bonds. The van der Waals surface area contributed by atoms with E-state index in [1.807, 2.05) is 47.2 Å². The Balaban J connectivity index is 0.000000192. The van der Waals surface area contributed by atoms with Crippen LogP contribution in [0.3, 0.4) is 0 Å². The number of carbonyl (C=O) groups excluding carboxylic acids is 4. The molecule has 0 aliphatic carbocycles. The van der Waals surface area contributed by atoms with Crippen molar-refractivity contribution in [1.82, 2.24) is 9.13 Å². The molecule has 0 fully saturated rings. The zero-order valence-electron chi connectivity index (χ0n) is 24.4. The zero-order valence-corrected chi connectivity index (χ0v) is 25.8. The Morgan fingerprint density at radius 2 is 0.930 bits per heavy atom. The van der Waals surface area contributed by atoms with E-state index >= 15 is 0 Å². The van der Waals surface area contributed by atoms with Gasteiger partial charge in [-0.15, -0.1) is 0 Å². The quantitative estimate of drug-likeness (QED) is 0.252. The van der Waals surface area contributed by atoms with E-state index in [1.54, 1.807) is 48.5 Å². The molecule has 2 atom stereocenters. The molecule has 0 spiro atoms. The van der Waals surface area contributed by atoms with E-state index in [0.717, 1.165) is 24.0 Å². The summed E-state index contributed by atoms with van der Waals surface area (Å²) in [6.07, 6.45) is 2.64. The second-order valence-electron chi connectivity index (χ2n) is 11.0. The number of benzene rings is 2. The molecule has 0 saturated heterocycles. The van der Waals surface area contributed by atoms with Crippen LogP contribution >= 0.6 is 0 Å². The van der Waals surface area contributed by atoms with Crippen molar-refractivity contribution in [2.24, 2.45) is 0 Å². The second-order valence-corrected chi connectivity index (χ2v) is 11.0. The Morgan fingerprint density at radius 3 is 1.26 bits per heavy atom. The van der Waals surface area contributed by atoms with E-state index in [9.17, 15) is 29.4 Å². The minimum Gasteiger partial charge on any atom is -0.549 e. The number of hydrogen-bond acceptors (Lipinski definition) is 6. The largest absolute Gasteiger partial charge is 2.00 e. The number of ketones is 2. The molecule has 0 bridgehead atoms. The molecular weight excluding hydrogens is 557 g/mol. The summed E-state index contributed by atoms with van der Waals surface area (Å²) in [5.41, 5.74) is 5.91. The van der Waals surface area contributed by atoms with Gasteiger partial charge in [0.15, 0.2) is 0 Å². The minimum atomic E-state index is -1.07. The third-order valence-corrected chi connectivity index (χ3v) is 8.15. The molecule has 4 heterocycles. The fraction of sp³-hybridized carbons (Fsp3) is 0.294. The summed E-state index contributed by atoms with van der Waals surface area (Å²) in [5.74, 6) is -3.50. The van der Waals surface area contributed by atoms with Gasteiger partial charge in [-0.05, 0) is 63.8 Å². The maximum atomic E-state index is 12.6. The first kappa shape index (κ1) is 32.0. The van der Waals surface area contributed by atoms with Gasteiger partial charge in [-0.3, -0.25) is 9.59 Å². The summed E-state index contributed by atoms with van der Waals surface area (Å²) < 4.78 is 3.65. The number of carbonyl (C=O) groups is 4. The third-order valence-electron chi connectivity index (χ3n) is 8.15. The molecule has 216 valence electrons. The van der Waals surface area contributed by atoms with E-state index in [2.05, 4.69) is 0 Å². The molecule has 2 aromatic carbocycles. The van der Waals surface area contributed by atoms with E-state index in [0.29, 0.717) is 59.8 Å². The molecule has 0 saturated carbocycles. The molecule has 8 nitrogen and oxygen atoms in total. The van der Waals surface area contributed by atoms with Gasteiger partial charge < -0.3 is 28.9 Å². The Morgan fingerprint density at radius 1 is 0.581 bits per heavy atom. The van der Waals surface area contributed by atoms with Crippen LogP contribution in [0.2, 0.25) is 0 Å². The molecule has 2 aromatic heterocycles. The average molecular weight is 589 g/mol. The van der Waals surface area contributed by atoms with Gasteiger partial charge >= 0.3 is 23.1 Å². The summed E-state index contributed by atoms with van der Waals surface area (Å²) in [6.45, 7) is 5.30. The van der Waals surface area contributed by atoms with Crippen molar-refractivity contribution in [2.45, 2.75) is 64.5 Å². The second kappa shape index (κ2) is 13.6. The molecular formula is C34H32MgN2O6. The van der Waals surface area contributed by atoms with Crippen LogP contribution in [0.4, 0.5) is 0 Å². The smallest absolute Gasteiger partial charge is 0.549 e. The Kier molecular flexibility index (Phi) is 10.1. The van der Waals surface area contributed by atoms with Crippen molar-refractivity contribution in [1.29, 1.82) is 0 Å². The maximum absolute atomic E-state index is 12.6. The Hall–Kier alpha value is -3.95. The van der Waals surface area contributed by atoms with E-state index in [1.165, 1.54) is 0 Å². The number of aliphatic carboxylic acids is 2. The molecule has 4 aromatic rings. The van der Waals surface area contributed by atoms with Gasteiger partial charge in [0.1, 0.15) is 0 Å². The van der Waals surface area contributed by atoms with E-state index < -0.39 is 23.8 Å². The van der Waals surface area contributed by atoms with Gasteiger partial charge in [0.05, 0.1) is 23.3 Å². The summed E-state index contributed by atoms with van der Waals surface area (Å²) in [4.78, 5) is 47.6. The third kappa shape index (κ3) is 6.68. The van der Waals surface area contributed by atoms with Crippen LogP contribution in [-0.4, -0.2) is 55.7 Å². The van der Waals surface area contributed by atoms with Gasteiger partial charge in [-0.25, -0.2) is 0 Å². The molecule has 2 unspecified atom stereocenters. The first-order chi connectivity index (χ1) is 20.2. The van der Waals surface area contributed by atoms with Crippen LogP contribution in [0.15, 0.2) is 72.8 Å². The van der Waals surface area contributed by atoms with Crippen LogP contribution < -0.4 is 10.2 Å².